The number of aliphatic hydroxyl groups is 1. The monoisotopic (exact) mass is 269 g/mol. The van der Waals surface area contributed by atoms with Crippen molar-refractivity contribution in [3.8, 4) is 0 Å². The second kappa shape index (κ2) is 6.44. The van der Waals surface area contributed by atoms with Gasteiger partial charge in [0, 0.05) is 13.1 Å². The average molecular weight is 269 g/mol. The minimum atomic E-state index is -0.902. The van der Waals surface area contributed by atoms with Crippen LogP contribution in [0, 0.1) is 17.6 Å². The van der Waals surface area contributed by atoms with Gasteiger partial charge in [-0.05, 0) is 49.4 Å². The second-order valence-corrected chi connectivity index (χ2v) is 5.39. The lowest BCUT2D eigenvalue weighted by Crippen LogP contribution is -2.31. The minimum absolute atomic E-state index is 0.441. The number of nitrogens with zero attached hydrogens (tertiary/aromatic N) is 1. The lowest BCUT2D eigenvalue weighted by molar-refractivity contribution is 0.110. The molecule has 1 aromatic carbocycles. The van der Waals surface area contributed by atoms with E-state index in [1.165, 1.54) is 18.9 Å². The molecule has 0 aliphatic heterocycles. The number of aliphatic hydroxyl groups excluding tert-OH is 1. The van der Waals surface area contributed by atoms with Crippen LogP contribution >= 0.6 is 0 Å². The summed E-state index contributed by atoms with van der Waals surface area (Å²) in [7, 11) is 0. The van der Waals surface area contributed by atoms with Gasteiger partial charge in [0.15, 0.2) is 11.6 Å². The van der Waals surface area contributed by atoms with E-state index in [4.69, 9.17) is 0 Å². The zero-order valence-electron chi connectivity index (χ0n) is 11.3. The fourth-order valence-corrected chi connectivity index (χ4v) is 2.31. The Kier molecular flexibility index (Phi) is 4.88. The molecule has 0 bridgehead atoms. The summed E-state index contributed by atoms with van der Waals surface area (Å²) in [6.45, 7) is 4.51. The van der Waals surface area contributed by atoms with Crippen molar-refractivity contribution in [2.45, 2.75) is 32.3 Å². The molecule has 2 rings (SSSR count). The Bertz CT molecular complexity index is 421. The predicted octanol–water partition coefficient (Wildman–Crippen LogP) is 3.12. The van der Waals surface area contributed by atoms with Crippen LogP contribution in [-0.4, -0.2) is 29.6 Å². The molecule has 106 valence electrons. The SMILES string of the molecule is CCCN(CC1CC1)CC(O)c1ccc(F)c(F)c1. The molecule has 2 nitrogen and oxygen atoms in total. The molecule has 1 aromatic rings. The van der Waals surface area contributed by atoms with Gasteiger partial charge in [-0.3, -0.25) is 0 Å². The third-order valence-corrected chi connectivity index (χ3v) is 3.51. The molecule has 1 fully saturated rings. The molecule has 1 N–H and O–H groups in total. The molecule has 4 heteroatoms. The van der Waals surface area contributed by atoms with E-state index >= 15 is 0 Å². The van der Waals surface area contributed by atoms with E-state index < -0.39 is 17.7 Å². The standard InChI is InChI=1S/C15H21F2NO/c1-2-7-18(9-11-3-4-11)10-15(19)12-5-6-13(16)14(17)8-12/h5-6,8,11,15,19H,2-4,7,9-10H2,1H3. The van der Waals surface area contributed by atoms with Gasteiger partial charge in [-0.2, -0.15) is 0 Å². The average Bonchev–Trinajstić information content (AvgIpc) is 3.16. The van der Waals surface area contributed by atoms with Crippen LogP contribution in [-0.2, 0) is 0 Å². The fourth-order valence-electron chi connectivity index (χ4n) is 2.31. The van der Waals surface area contributed by atoms with Crippen LogP contribution in [0.15, 0.2) is 18.2 Å². The molecule has 0 amide bonds. The first-order valence-corrected chi connectivity index (χ1v) is 6.95. The highest BCUT2D eigenvalue weighted by molar-refractivity contribution is 5.20. The van der Waals surface area contributed by atoms with Gasteiger partial charge in [-0.25, -0.2) is 8.78 Å². The summed E-state index contributed by atoms with van der Waals surface area (Å²) in [5.74, 6) is -1.02. The predicted molar refractivity (Wildman–Crippen MR) is 70.8 cm³/mol. The van der Waals surface area contributed by atoms with Crippen molar-refractivity contribution in [3.05, 3.63) is 35.4 Å². The van der Waals surface area contributed by atoms with E-state index in [0.717, 1.165) is 37.6 Å². The van der Waals surface area contributed by atoms with Gasteiger partial charge in [0.25, 0.3) is 0 Å². The van der Waals surface area contributed by atoms with Gasteiger partial charge >= 0.3 is 0 Å². The molecule has 1 unspecified atom stereocenters. The van der Waals surface area contributed by atoms with Crippen LogP contribution < -0.4 is 0 Å². The molecule has 0 aromatic heterocycles. The van der Waals surface area contributed by atoms with Crippen LogP contribution in [0.25, 0.3) is 0 Å². The third-order valence-electron chi connectivity index (χ3n) is 3.51. The third kappa shape index (κ3) is 4.25. The Balaban J connectivity index is 1.96. The fraction of sp³-hybridized carbons (Fsp3) is 0.600. The van der Waals surface area contributed by atoms with Gasteiger partial charge in [0.1, 0.15) is 0 Å². The summed E-state index contributed by atoms with van der Waals surface area (Å²) in [4.78, 5) is 2.21. The van der Waals surface area contributed by atoms with E-state index in [1.807, 2.05) is 0 Å². The first kappa shape index (κ1) is 14.4. The first-order chi connectivity index (χ1) is 9.10. The van der Waals surface area contributed by atoms with E-state index in [2.05, 4.69) is 11.8 Å². The van der Waals surface area contributed by atoms with Gasteiger partial charge in [0.05, 0.1) is 6.10 Å². The smallest absolute Gasteiger partial charge is 0.159 e. The molecule has 19 heavy (non-hydrogen) atoms. The molecule has 0 radical (unpaired) electrons. The normalized spacial score (nSPS) is 16.9. The zero-order valence-corrected chi connectivity index (χ0v) is 11.3. The number of benzene rings is 1. The molecule has 0 heterocycles. The largest absolute Gasteiger partial charge is 0.387 e. The van der Waals surface area contributed by atoms with E-state index in [9.17, 15) is 13.9 Å². The number of hydrogen-bond donors (Lipinski definition) is 1. The van der Waals surface area contributed by atoms with Crippen molar-refractivity contribution in [1.29, 1.82) is 0 Å². The molecule has 1 saturated carbocycles. The Hall–Kier alpha value is -1.00. The van der Waals surface area contributed by atoms with Crippen LogP contribution in [0.3, 0.4) is 0 Å². The molecule has 1 aliphatic rings. The van der Waals surface area contributed by atoms with Gasteiger partial charge < -0.3 is 10.0 Å². The maximum Gasteiger partial charge on any atom is 0.159 e. The van der Waals surface area contributed by atoms with Crippen LogP contribution in [0.1, 0.15) is 37.9 Å². The summed E-state index contributed by atoms with van der Waals surface area (Å²) < 4.78 is 26.0. The van der Waals surface area contributed by atoms with Crippen molar-refractivity contribution in [2.24, 2.45) is 5.92 Å². The minimum Gasteiger partial charge on any atom is -0.387 e. The maximum atomic E-state index is 13.1. The Morgan fingerprint density at radius 2 is 2.05 bits per heavy atom. The zero-order chi connectivity index (χ0) is 13.8. The molecule has 0 saturated heterocycles. The van der Waals surface area contributed by atoms with Crippen LogP contribution in [0.2, 0.25) is 0 Å². The van der Waals surface area contributed by atoms with E-state index in [-0.39, 0.29) is 0 Å². The van der Waals surface area contributed by atoms with E-state index in [1.54, 1.807) is 0 Å². The first-order valence-electron chi connectivity index (χ1n) is 6.95. The summed E-state index contributed by atoms with van der Waals surface area (Å²) >= 11 is 0. The summed E-state index contributed by atoms with van der Waals surface area (Å²) in [5, 5.41) is 10.1. The van der Waals surface area contributed by atoms with Crippen LogP contribution in [0.5, 0.6) is 0 Å². The summed E-state index contributed by atoms with van der Waals surface area (Å²) in [6, 6.07) is 3.60. The van der Waals surface area contributed by atoms with Crippen molar-refractivity contribution in [1.82, 2.24) is 4.90 Å². The second-order valence-electron chi connectivity index (χ2n) is 5.39. The number of rotatable bonds is 7. The topological polar surface area (TPSA) is 23.5 Å². The van der Waals surface area contributed by atoms with Gasteiger partial charge in [-0.1, -0.05) is 13.0 Å². The highest BCUT2D eigenvalue weighted by atomic mass is 19.2. The summed E-state index contributed by atoms with van der Waals surface area (Å²) in [5.41, 5.74) is 0.441. The van der Waals surface area contributed by atoms with Gasteiger partial charge in [0.2, 0.25) is 0 Å². The molecule has 1 aliphatic carbocycles. The maximum absolute atomic E-state index is 13.1. The highest BCUT2D eigenvalue weighted by Crippen LogP contribution is 2.30. The van der Waals surface area contributed by atoms with Crippen molar-refractivity contribution < 1.29 is 13.9 Å². The molecular weight excluding hydrogens is 248 g/mol. The lowest BCUT2D eigenvalue weighted by atomic mass is 10.1. The highest BCUT2D eigenvalue weighted by Gasteiger charge is 2.25. The molecule has 0 spiro atoms. The van der Waals surface area contributed by atoms with Crippen LogP contribution in [0.4, 0.5) is 8.78 Å². The van der Waals surface area contributed by atoms with Crippen molar-refractivity contribution >= 4 is 0 Å². The van der Waals surface area contributed by atoms with Crippen molar-refractivity contribution in [2.75, 3.05) is 19.6 Å². The lowest BCUT2D eigenvalue weighted by Gasteiger charge is -2.24. The van der Waals surface area contributed by atoms with E-state index in [0.29, 0.717) is 12.1 Å². The number of hydrogen-bond acceptors (Lipinski definition) is 2. The molecular formula is C15H21F2NO. The Morgan fingerprint density at radius 1 is 1.32 bits per heavy atom. The van der Waals surface area contributed by atoms with Gasteiger partial charge in [-0.15, -0.1) is 0 Å². The summed E-state index contributed by atoms with van der Waals surface area (Å²) in [6.07, 6.45) is 2.79. The number of halogens is 2. The van der Waals surface area contributed by atoms with Crippen molar-refractivity contribution in [3.63, 3.8) is 0 Å². The molecule has 1 atom stereocenters. The Labute approximate surface area is 113 Å². The Morgan fingerprint density at radius 3 is 2.63 bits per heavy atom. The quantitative estimate of drug-likeness (QED) is 0.822.